The van der Waals surface area contributed by atoms with Crippen molar-refractivity contribution in [3.05, 3.63) is 23.3 Å². The molecule has 1 heterocycles. The fourth-order valence-corrected chi connectivity index (χ4v) is 2.93. The van der Waals surface area contributed by atoms with Crippen LogP contribution in [0, 0.1) is 6.92 Å². The number of rotatable bonds is 3. The molecule has 0 radical (unpaired) electrons. The summed E-state index contributed by atoms with van der Waals surface area (Å²) < 4.78 is 0. The van der Waals surface area contributed by atoms with Crippen LogP contribution in [0.4, 0.5) is 0 Å². The fraction of sp³-hybridized carbons (Fsp3) is 0.538. The SMILES string of the molecule is CSc1ccc(C)c(O)c1CC1CCCN1. The highest BCUT2D eigenvalue weighted by Gasteiger charge is 2.19. The molecule has 1 saturated heterocycles. The molecule has 1 aromatic carbocycles. The maximum atomic E-state index is 10.1. The molecule has 88 valence electrons. The van der Waals surface area contributed by atoms with Gasteiger partial charge in [-0.2, -0.15) is 0 Å². The van der Waals surface area contributed by atoms with E-state index < -0.39 is 0 Å². The molecule has 2 nitrogen and oxygen atoms in total. The van der Waals surface area contributed by atoms with Crippen molar-refractivity contribution in [3.63, 3.8) is 0 Å². The van der Waals surface area contributed by atoms with Crippen LogP contribution in [0.15, 0.2) is 17.0 Å². The zero-order valence-electron chi connectivity index (χ0n) is 9.92. The van der Waals surface area contributed by atoms with Crippen molar-refractivity contribution in [1.29, 1.82) is 0 Å². The van der Waals surface area contributed by atoms with E-state index in [0.29, 0.717) is 11.8 Å². The smallest absolute Gasteiger partial charge is 0.122 e. The molecule has 2 rings (SSSR count). The van der Waals surface area contributed by atoms with Gasteiger partial charge in [0.1, 0.15) is 5.75 Å². The maximum Gasteiger partial charge on any atom is 0.122 e. The molecule has 0 bridgehead atoms. The van der Waals surface area contributed by atoms with Gasteiger partial charge in [-0.05, 0) is 50.6 Å². The molecule has 0 aromatic heterocycles. The summed E-state index contributed by atoms with van der Waals surface area (Å²) in [5.41, 5.74) is 2.10. The summed E-state index contributed by atoms with van der Waals surface area (Å²) >= 11 is 1.71. The molecular formula is C13H19NOS. The summed E-state index contributed by atoms with van der Waals surface area (Å²) in [5.74, 6) is 0.487. The van der Waals surface area contributed by atoms with E-state index >= 15 is 0 Å². The quantitative estimate of drug-likeness (QED) is 0.793. The van der Waals surface area contributed by atoms with E-state index in [-0.39, 0.29) is 0 Å². The lowest BCUT2D eigenvalue weighted by Crippen LogP contribution is -2.24. The molecule has 3 heteroatoms. The van der Waals surface area contributed by atoms with E-state index in [0.717, 1.165) is 24.1 Å². The van der Waals surface area contributed by atoms with Gasteiger partial charge in [0.25, 0.3) is 0 Å². The van der Waals surface area contributed by atoms with Crippen molar-refractivity contribution in [2.75, 3.05) is 12.8 Å². The summed E-state index contributed by atoms with van der Waals surface area (Å²) in [6, 6.07) is 4.65. The molecular weight excluding hydrogens is 218 g/mol. The molecule has 1 aliphatic rings. The molecule has 0 amide bonds. The van der Waals surface area contributed by atoms with Gasteiger partial charge in [-0.1, -0.05) is 6.07 Å². The van der Waals surface area contributed by atoms with Crippen LogP contribution in [-0.4, -0.2) is 23.9 Å². The molecule has 0 saturated carbocycles. The Balaban J connectivity index is 2.25. The van der Waals surface area contributed by atoms with Crippen LogP contribution >= 0.6 is 11.8 Å². The van der Waals surface area contributed by atoms with Crippen molar-refractivity contribution in [3.8, 4) is 5.75 Å². The molecule has 1 atom stereocenters. The minimum Gasteiger partial charge on any atom is -0.507 e. The molecule has 0 spiro atoms. The number of phenolic OH excluding ortho intramolecular Hbond substituents is 1. The first-order valence-corrected chi connectivity index (χ1v) is 7.03. The Morgan fingerprint density at radius 3 is 2.94 bits per heavy atom. The van der Waals surface area contributed by atoms with Gasteiger partial charge in [-0.25, -0.2) is 0 Å². The third-order valence-corrected chi connectivity index (χ3v) is 4.10. The number of hydrogen-bond acceptors (Lipinski definition) is 3. The van der Waals surface area contributed by atoms with Gasteiger partial charge in [-0.3, -0.25) is 0 Å². The first-order valence-electron chi connectivity index (χ1n) is 5.81. The largest absolute Gasteiger partial charge is 0.507 e. The summed E-state index contributed by atoms with van der Waals surface area (Å²) in [6.45, 7) is 3.08. The second kappa shape index (κ2) is 5.11. The molecule has 2 N–H and O–H groups in total. The van der Waals surface area contributed by atoms with Crippen LogP contribution in [-0.2, 0) is 6.42 Å². The first kappa shape index (κ1) is 11.8. The molecule has 1 unspecified atom stereocenters. The Labute approximate surface area is 101 Å². The van der Waals surface area contributed by atoms with Gasteiger partial charge in [0.15, 0.2) is 0 Å². The summed E-state index contributed by atoms with van der Waals surface area (Å²) in [5, 5.41) is 13.6. The van der Waals surface area contributed by atoms with Crippen LogP contribution in [0.25, 0.3) is 0 Å². The molecule has 0 aliphatic carbocycles. The van der Waals surface area contributed by atoms with Crippen LogP contribution in [0.1, 0.15) is 24.0 Å². The third-order valence-electron chi connectivity index (χ3n) is 3.27. The summed E-state index contributed by atoms with van der Waals surface area (Å²) in [4.78, 5) is 1.21. The van der Waals surface area contributed by atoms with E-state index in [1.165, 1.54) is 17.7 Å². The number of benzene rings is 1. The van der Waals surface area contributed by atoms with Crippen LogP contribution < -0.4 is 5.32 Å². The highest BCUT2D eigenvalue weighted by molar-refractivity contribution is 7.98. The van der Waals surface area contributed by atoms with E-state index in [1.807, 2.05) is 13.0 Å². The van der Waals surface area contributed by atoms with Gasteiger partial charge < -0.3 is 10.4 Å². The number of aryl methyl sites for hydroxylation is 1. The van der Waals surface area contributed by atoms with Gasteiger partial charge in [0, 0.05) is 16.5 Å². The van der Waals surface area contributed by atoms with Gasteiger partial charge >= 0.3 is 0 Å². The van der Waals surface area contributed by atoms with Crippen LogP contribution in [0.3, 0.4) is 0 Å². The zero-order valence-corrected chi connectivity index (χ0v) is 10.7. The lowest BCUT2D eigenvalue weighted by atomic mass is 10.0. The predicted molar refractivity (Wildman–Crippen MR) is 69.4 cm³/mol. The number of nitrogens with one attached hydrogen (secondary N) is 1. The summed E-state index contributed by atoms with van der Waals surface area (Å²) in [7, 11) is 0. The topological polar surface area (TPSA) is 32.3 Å². The third kappa shape index (κ3) is 2.36. The van der Waals surface area contributed by atoms with E-state index in [4.69, 9.17) is 0 Å². The Kier molecular flexibility index (Phi) is 3.77. The van der Waals surface area contributed by atoms with Crippen molar-refractivity contribution >= 4 is 11.8 Å². The van der Waals surface area contributed by atoms with Crippen molar-refractivity contribution in [2.45, 2.75) is 37.1 Å². The van der Waals surface area contributed by atoms with E-state index in [2.05, 4.69) is 17.6 Å². The van der Waals surface area contributed by atoms with Crippen molar-refractivity contribution in [1.82, 2.24) is 5.32 Å². The average Bonchev–Trinajstić information content (AvgIpc) is 2.78. The fourth-order valence-electron chi connectivity index (χ4n) is 2.30. The highest BCUT2D eigenvalue weighted by atomic mass is 32.2. The summed E-state index contributed by atoms with van der Waals surface area (Å²) in [6.07, 6.45) is 5.49. The monoisotopic (exact) mass is 237 g/mol. The lowest BCUT2D eigenvalue weighted by molar-refractivity contribution is 0.455. The van der Waals surface area contributed by atoms with Gasteiger partial charge in [-0.15, -0.1) is 11.8 Å². The van der Waals surface area contributed by atoms with Crippen LogP contribution in [0.5, 0.6) is 5.75 Å². The van der Waals surface area contributed by atoms with E-state index in [9.17, 15) is 5.11 Å². The second-order valence-electron chi connectivity index (χ2n) is 4.41. The maximum absolute atomic E-state index is 10.1. The van der Waals surface area contributed by atoms with Gasteiger partial charge in [0.2, 0.25) is 0 Å². The Morgan fingerprint density at radius 1 is 1.50 bits per heavy atom. The predicted octanol–water partition coefficient (Wildman–Crippen LogP) is 2.72. The minimum atomic E-state index is 0.487. The normalized spacial score (nSPS) is 20.2. The Hall–Kier alpha value is -0.670. The molecule has 1 aliphatic heterocycles. The molecule has 16 heavy (non-hydrogen) atoms. The first-order chi connectivity index (χ1) is 7.72. The zero-order chi connectivity index (χ0) is 11.5. The molecule has 1 fully saturated rings. The highest BCUT2D eigenvalue weighted by Crippen LogP contribution is 2.32. The Bertz CT molecular complexity index is 372. The van der Waals surface area contributed by atoms with Crippen molar-refractivity contribution in [2.24, 2.45) is 0 Å². The number of phenols is 1. The lowest BCUT2D eigenvalue weighted by Gasteiger charge is -2.16. The van der Waals surface area contributed by atoms with Crippen LogP contribution in [0.2, 0.25) is 0 Å². The molecule has 1 aromatic rings. The number of aromatic hydroxyl groups is 1. The Morgan fingerprint density at radius 2 is 2.31 bits per heavy atom. The van der Waals surface area contributed by atoms with E-state index in [1.54, 1.807) is 11.8 Å². The van der Waals surface area contributed by atoms with Gasteiger partial charge in [0.05, 0.1) is 0 Å². The minimum absolute atomic E-state index is 0.487. The number of thioether (sulfide) groups is 1. The number of hydrogen-bond donors (Lipinski definition) is 2. The van der Waals surface area contributed by atoms with Crippen molar-refractivity contribution < 1.29 is 5.11 Å². The average molecular weight is 237 g/mol. The standard InChI is InChI=1S/C13H19NOS/c1-9-5-6-12(16-2)11(13(9)15)8-10-4-3-7-14-10/h5-6,10,14-15H,3-4,7-8H2,1-2H3. The second-order valence-corrected chi connectivity index (χ2v) is 5.26.